The van der Waals surface area contributed by atoms with Crippen LogP contribution in [0.4, 0.5) is 17.1 Å². The third kappa shape index (κ3) is 7.57. The van der Waals surface area contributed by atoms with E-state index >= 15 is 0 Å². The van der Waals surface area contributed by atoms with Crippen LogP contribution in [-0.4, -0.2) is 92.3 Å². The lowest BCUT2D eigenvalue weighted by atomic mass is 9.60. The molecule has 5 aromatic rings. The van der Waals surface area contributed by atoms with Crippen LogP contribution in [0.2, 0.25) is 0 Å². The Kier molecular flexibility index (Phi) is 9.97. The first-order valence-electron chi connectivity index (χ1n) is 20.7. The van der Waals surface area contributed by atoms with Crippen LogP contribution in [0.5, 0.6) is 11.5 Å². The van der Waals surface area contributed by atoms with E-state index < -0.39 is 31.4 Å². The fourth-order valence-electron chi connectivity index (χ4n) is 9.69. The Morgan fingerprint density at radius 1 is 1.02 bits per heavy atom. The van der Waals surface area contributed by atoms with E-state index in [2.05, 4.69) is 54.1 Å². The van der Waals surface area contributed by atoms with Gasteiger partial charge in [0, 0.05) is 66.5 Å². The van der Waals surface area contributed by atoms with Crippen molar-refractivity contribution in [2.24, 2.45) is 5.41 Å². The second kappa shape index (κ2) is 15.5. The molecule has 60 heavy (non-hydrogen) atoms. The van der Waals surface area contributed by atoms with Gasteiger partial charge in [-0.3, -0.25) is 19.8 Å². The Morgan fingerprint density at radius 2 is 1.85 bits per heavy atom. The molecule has 10 rings (SSSR count). The van der Waals surface area contributed by atoms with Gasteiger partial charge in [0.15, 0.2) is 0 Å². The third-order valence-corrected chi connectivity index (χ3v) is 14.1. The summed E-state index contributed by atoms with van der Waals surface area (Å²) in [5.74, 6) is 0.299. The molecule has 5 fully saturated rings. The van der Waals surface area contributed by atoms with Crippen molar-refractivity contribution in [3.05, 3.63) is 112 Å². The Bertz CT molecular complexity index is 2560. The van der Waals surface area contributed by atoms with Crippen LogP contribution in [0.25, 0.3) is 11.0 Å². The number of aromatic amines is 1. The lowest BCUT2D eigenvalue weighted by Crippen LogP contribution is -2.66. The molecule has 3 aromatic carbocycles. The SMILES string of the molecule is O=C(NS(=O)(=O)c1ccc(NC[C@H]2COCCO2)c([N+](=O)[O-])c1)c1ccc(N2CC3(CC(N4CCC[C@H]4c4ccccc4C4CC4)C3)C2)cc1Oc1cnc2[nH]ccc2c1. The van der Waals surface area contributed by atoms with Crippen LogP contribution >= 0.6 is 0 Å². The average molecular weight is 834 g/mol. The van der Waals surface area contributed by atoms with E-state index in [0.717, 1.165) is 55.5 Å². The molecule has 3 saturated heterocycles. The molecule has 1 amide bonds. The quantitative estimate of drug-likeness (QED) is 0.0827. The van der Waals surface area contributed by atoms with Gasteiger partial charge in [0.05, 0.1) is 47.5 Å². The number of hydrogen-bond donors (Lipinski definition) is 3. The van der Waals surface area contributed by atoms with Gasteiger partial charge in [-0.15, -0.1) is 0 Å². The minimum absolute atomic E-state index is 0.0236. The number of nitrogens with one attached hydrogen (secondary N) is 3. The van der Waals surface area contributed by atoms with E-state index in [0.29, 0.717) is 43.3 Å². The molecule has 5 heterocycles. The van der Waals surface area contributed by atoms with Crippen molar-refractivity contribution >= 4 is 44.0 Å². The molecule has 3 N–H and O–H groups in total. The summed E-state index contributed by atoms with van der Waals surface area (Å²) in [5.41, 5.74) is 4.47. The normalized spacial score (nSPS) is 21.7. The van der Waals surface area contributed by atoms with E-state index in [9.17, 15) is 23.3 Å². The first kappa shape index (κ1) is 38.6. The highest BCUT2D eigenvalue weighted by molar-refractivity contribution is 7.90. The van der Waals surface area contributed by atoms with Crippen LogP contribution in [0.15, 0.2) is 90.1 Å². The minimum atomic E-state index is -4.56. The molecule has 0 radical (unpaired) electrons. The molecule has 5 aliphatic rings. The Morgan fingerprint density at radius 3 is 2.63 bits per heavy atom. The molecule has 2 atom stereocenters. The highest BCUT2D eigenvalue weighted by Gasteiger charge is 2.55. The van der Waals surface area contributed by atoms with Crippen LogP contribution in [0.1, 0.15) is 72.0 Å². The summed E-state index contributed by atoms with van der Waals surface area (Å²) < 4.78 is 46.7. The fraction of sp³-hybridized carbons (Fsp3) is 0.409. The summed E-state index contributed by atoms with van der Waals surface area (Å²) in [6.07, 6.45) is 10.3. The predicted molar refractivity (Wildman–Crippen MR) is 224 cm³/mol. The summed E-state index contributed by atoms with van der Waals surface area (Å²) in [6, 6.07) is 22.4. The number of benzene rings is 3. The summed E-state index contributed by atoms with van der Waals surface area (Å²) >= 11 is 0. The molecular weight excluding hydrogens is 787 g/mol. The second-order valence-electron chi connectivity index (χ2n) is 16.9. The summed E-state index contributed by atoms with van der Waals surface area (Å²) in [5, 5.41) is 15.8. The molecule has 312 valence electrons. The van der Waals surface area contributed by atoms with Crippen molar-refractivity contribution in [2.45, 2.75) is 67.5 Å². The molecule has 2 saturated carbocycles. The number of pyridine rings is 1. The number of H-pyrrole nitrogens is 1. The number of rotatable bonds is 13. The summed E-state index contributed by atoms with van der Waals surface area (Å²) in [7, 11) is -4.56. The number of nitrogens with zero attached hydrogens (tertiary/aromatic N) is 4. The van der Waals surface area contributed by atoms with Gasteiger partial charge in [0.1, 0.15) is 22.8 Å². The number of carbonyl (C=O) groups is 1. The van der Waals surface area contributed by atoms with E-state index in [-0.39, 0.29) is 35.1 Å². The van der Waals surface area contributed by atoms with Crippen molar-refractivity contribution in [3.8, 4) is 11.5 Å². The maximum atomic E-state index is 13.9. The highest BCUT2D eigenvalue weighted by Crippen LogP contribution is 2.55. The van der Waals surface area contributed by atoms with Gasteiger partial charge < -0.3 is 29.4 Å². The number of aromatic nitrogens is 2. The van der Waals surface area contributed by atoms with Gasteiger partial charge >= 0.3 is 0 Å². The lowest BCUT2D eigenvalue weighted by Gasteiger charge is -2.62. The van der Waals surface area contributed by atoms with Gasteiger partial charge in [-0.2, -0.15) is 0 Å². The molecule has 0 bridgehead atoms. The van der Waals surface area contributed by atoms with Gasteiger partial charge in [0.25, 0.3) is 21.6 Å². The second-order valence-corrected chi connectivity index (χ2v) is 18.6. The van der Waals surface area contributed by atoms with E-state index in [1.165, 1.54) is 49.6 Å². The highest BCUT2D eigenvalue weighted by atomic mass is 32.2. The summed E-state index contributed by atoms with van der Waals surface area (Å²) in [6.45, 7) is 4.34. The van der Waals surface area contributed by atoms with Crippen molar-refractivity contribution in [3.63, 3.8) is 0 Å². The maximum absolute atomic E-state index is 13.9. The smallest absolute Gasteiger partial charge is 0.293 e. The van der Waals surface area contributed by atoms with Gasteiger partial charge in [-0.25, -0.2) is 18.1 Å². The zero-order valence-electron chi connectivity index (χ0n) is 33.0. The van der Waals surface area contributed by atoms with Crippen LogP contribution in [0, 0.1) is 15.5 Å². The Balaban J connectivity index is 0.850. The number of fused-ring (bicyclic) bond motifs is 1. The van der Waals surface area contributed by atoms with Crippen LogP contribution in [0.3, 0.4) is 0 Å². The van der Waals surface area contributed by atoms with E-state index in [1.807, 2.05) is 12.1 Å². The zero-order chi connectivity index (χ0) is 41.0. The molecule has 2 aliphatic carbocycles. The van der Waals surface area contributed by atoms with Gasteiger partial charge in [-0.1, -0.05) is 24.3 Å². The standard InChI is InChI=1S/C44H47N7O8S/c52-43(48-60(55,56)34-10-12-38(40(20-34)51(53)54)46-24-33-25-57-16-17-58-33)37-11-9-30(19-41(37)59-32-18-29-13-14-45-42(29)47-23-32)49-26-44(27-49)21-31(22-44)50-15-3-6-39(50)36-5-2-1-4-35(36)28-7-8-28/h1-2,4-5,9-14,18-20,23,28,31,33,39,46H,3,6-8,15-17,21-22,24-27H2,(H,45,47)(H,48,52)/t33-,39-/m0/s1. The number of hydrogen-bond acceptors (Lipinski definition) is 12. The first-order valence-corrected chi connectivity index (χ1v) is 22.2. The maximum Gasteiger partial charge on any atom is 0.293 e. The van der Waals surface area contributed by atoms with Crippen molar-refractivity contribution < 1.29 is 32.3 Å². The molecule has 16 heteroatoms. The number of nitro groups is 1. The number of ether oxygens (including phenoxy) is 3. The number of sulfonamides is 1. The van der Waals surface area contributed by atoms with Crippen LogP contribution < -0.4 is 19.7 Å². The molecule has 15 nitrogen and oxygen atoms in total. The van der Waals surface area contributed by atoms with Gasteiger partial charge in [0.2, 0.25) is 0 Å². The topological polar surface area (TPSA) is 181 Å². The number of carbonyl (C=O) groups excluding carboxylic acids is 1. The monoisotopic (exact) mass is 833 g/mol. The van der Waals surface area contributed by atoms with Gasteiger partial charge in [-0.05, 0) is 98.5 Å². The molecule has 1 spiro atoms. The largest absolute Gasteiger partial charge is 0.455 e. The zero-order valence-corrected chi connectivity index (χ0v) is 33.9. The number of likely N-dealkylation sites (tertiary alicyclic amines) is 1. The predicted octanol–water partition coefficient (Wildman–Crippen LogP) is 6.89. The number of amides is 1. The first-order chi connectivity index (χ1) is 29.1. The van der Waals surface area contributed by atoms with E-state index in [1.54, 1.807) is 30.0 Å². The third-order valence-electron chi connectivity index (χ3n) is 12.8. The number of anilines is 2. The fourth-order valence-corrected chi connectivity index (χ4v) is 10.7. The van der Waals surface area contributed by atoms with Crippen molar-refractivity contribution in [1.29, 1.82) is 0 Å². The van der Waals surface area contributed by atoms with Crippen molar-refractivity contribution in [1.82, 2.24) is 19.6 Å². The summed E-state index contributed by atoms with van der Waals surface area (Å²) in [4.78, 5) is 37.3. The average Bonchev–Trinajstić information content (AvgIpc) is 3.77. The van der Waals surface area contributed by atoms with Crippen molar-refractivity contribution in [2.75, 3.05) is 56.2 Å². The Labute approximate surface area is 347 Å². The lowest BCUT2D eigenvalue weighted by molar-refractivity contribution is -0.384. The molecular formula is C44H47N7O8S. The molecule has 2 aromatic heterocycles. The molecule has 0 unspecified atom stereocenters. The van der Waals surface area contributed by atoms with Crippen LogP contribution in [-0.2, 0) is 19.5 Å². The number of nitro benzene ring substituents is 1. The Hall–Kier alpha value is -5.55. The van der Waals surface area contributed by atoms with E-state index in [4.69, 9.17) is 14.2 Å². The molecule has 3 aliphatic heterocycles. The minimum Gasteiger partial charge on any atom is -0.455 e.